The van der Waals surface area contributed by atoms with Crippen LogP contribution in [0.2, 0.25) is 0 Å². The minimum Gasteiger partial charge on any atom is -0.291 e. The summed E-state index contributed by atoms with van der Waals surface area (Å²) >= 11 is 0. The van der Waals surface area contributed by atoms with Crippen molar-refractivity contribution in [3.05, 3.63) is 35.9 Å². The molecule has 3 nitrogen and oxygen atoms in total. The quantitative estimate of drug-likeness (QED) is 0.735. The third-order valence-corrected chi connectivity index (χ3v) is 3.28. The molecule has 0 aliphatic carbocycles. The van der Waals surface area contributed by atoms with Gasteiger partial charge in [-0.15, -0.1) is 0 Å². The maximum Gasteiger partial charge on any atom is 0.235 e. The molecule has 2 rings (SSSR count). The molecule has 0 bridgehead atoms. The van der Waals surface area contributed by atoms with Gasteiger partial charge < -0.3 is 0 Å². The van der Waals surface area contributed by atoms with E-state index in [0.29, 0.717) is 5.05 Å². The van der Waals surface area contributed by atoms with Gasteiger partial charge in [-0.25, -0.2) is 8.39 Å². The van der Waals surface area contributed by atoms with Crippen molar-refractivity contribution in [1.82, 2.24) is 0 Å². The van der Waals surface area contributed by atoms with Crippen LogP contribution in [0, 0.1) is 0 Å². The highest BCUT2D eigenvalue weighted by atomic mass is 32.3. The lowest BCUT2D eigenvalue weighted by atomic mass is 10.0. The topological polar surface area (TPSA) is 49.8 Å². The molecule has 4 heteroatoms. The van der Waals surface area contributed by atoms with E-state index >= 15 is 0 Å². The summed E-state index contributed by atoms with van der Waals surface area (Å²) in [5.74, 6) is -0.0984. The molecule has 1 aliphatic heterocycles. The van der Waals surface area contributed by atoms with Gasteiger partial charge in [0.05, 0.1) is 0 Å². The molecule has 0 fully saturated rings. The van der Waals surface area contributed by atoms with Crippen molar-refractivity contribution in [2.45, 2.75) is 12.8 Å². The molecule has 0 amide bonds. The number of hydrogen-bond donors (Lipinski definition) is 1. The van der Waals surface area contributed by atoms with Crippen molar-refractivity contribution >= 4 is 15.1 Å². The third kappa shape index (κ3) is 1.60. The van der Waals surface area contributed by atoms with E-state index in [1.165, 1.54) is 0 Å². The lowest BCUT2D eigenvalue weighted by molar-refractivity contribution is 0.491. The Balaban J connectivity index is 2.31. The van der Waals surface area contributed by atoms with E-state index in [1.807, 2.05) is 37.3 Å². The fraction of sp³-hybridized carbons (Fsp3) is 0.222. The first-order valence-corrected chi connectivity index (χ1v) is 5.43. The molecule has 1 aromatic rings. The number of hydrogen-bond acceptors (Lipinski definition) is 2. The minimum absolute atomic E-state index is 0.0984. The maximum absolute atomic E-state index is 10.9. The van der Waals surface area contributed by atoms with Gasteiger partial charge in [-0.3, -0.25) is 4.55 Å². The molecule has 0 spiro atoms. The standard InChI is InChI=1S/C9H10O3S/c1-7(9-12-13(9,10)11)8-5-3-2-4-6-8/h2-7H,1H3,(H,10,11). The Morgan fingerprint density at radius 1 is 1.38 bits per heavy atom. The molecule has 1 aliphatic rings. The van der Waals surface area contributed by atoms with Crippen molar-refractivity contribution < 1.29 is 12.9 Å². The average molecular weight is 198 g/mol. The Labute approximate surface area is 77.4 Å². The molecular formula is C9H10O3S. The van der Waals surface area contributed by atoms with E-state index in [2.05, 4.69) is 4.18 Å². The van der Waals surface area contributed by atoms with Gasteiger partial charge >= 0.3 is 0 Å². The molecule has 2 atom stereocenters. The summed E-state index contributed by atoms with van der Waals surface area (Å²) in [5, 5.41) is 0.290. The zero-order valence-corrected chi connectivity index (χ0v) is 7.95. The van der Waals surface area contributed by atoms with Crippen molar-refractivity contribution in [3.8, 4) is 0 Å². The highest BCUT2D eigenvalue weighted by Gasteiger charge is 2.36. The monoisotopic (exact) mass is 198 g/mol. The molecule has 0 aromatic heterocycles. The van der Waals surface area contributed by atoms with E-state index in [1.54, 1.807) is 0 Å². The SMILES string of the molecule is CC(C1=S(=O)(O)O1)c1ccccc1. The Hall–Kier alpha value is -0.840. The smallest absolute Gasteiger partial charge is 0.235 e. The Morgan fingerprint density at radius 3 is 2.38 bits per heavy atom. The van der Waals surface area contributed by atoms with E-state index in [0.717, 1.165) is 5.56 Å². The average Bonchev–Trinajstić information content (AvgIpc) is 2.76. The summed E-state index contributed by atoms with van der Waals surface area (Å²) in [5.41, 5.74) is 0.997. The van der Waals surface area contributed by atoms with Crippen LogP contribution in [-0.2, 0) is 14.3 Å². The molecule has 0 saturated carbocycles. The molecule has 1 aromatic carbocycles. The second-order valence-corrected chi connectivity index (χ2v) is 4.53. The minimum atomic E-state index is -3.04. The van der Waals surface area contributed by atoms with E-state index in [-0.39, 0.29) is 5.92 Å². The van der Waals surface area contributed by atoms with Crippen molar-refractivity contribution in [3.63, 3.8) is 0 Å². The first-order valence-electron chi connectivity index (χ1n) is 3.99. The van der Waals surface area contributed by atoms with Gasteiger partial charge in [-0.05, 0) is 5.56 Å². The van der Waals surface area contributed by atoms with Crippen LogP contribution in [0.1, 0.15) is 18.4 Å². The zero-order valence-electron chi connectivity index (χ0n) is 7.14. The highest BCUT2D eigenvalue weighted by molar-refractivity contribution is 7.99. The molecule has 0 saturated heterocycles. The second kappa shape index (κ2) is 2.83. The summed E-state index contributed by atoms with van der Waals surface area (Å²) in [6.07, 6.45) is 0. The van der Waals surface area contributed by atoms with Crippen LogP contribution >= 0.6 is 0 Å². The second-order valence-electron chi connectivity index (χ2n) is 3.01. The predicted molar refractivity (Wildman–Crippen MR) is 51.7 cm³/mol. The van der Waals surface area contributed by atoms with Crippen LogP contribution in [0.4, 0.5) is 0 Å². The molecule has 13 heavy (non-hydrogen) atoms. The molecule has 0 radical (unpaired) electrons. The Morgan fingerprint density at radius 2 is 1.92 bits per heavy atom. The number of benzene rings is 1. The molecule has 1 N–H and O–H groups in total. The van der Waals surface area contributed by atoms with Crippen LogP contribution in [0.15, 0.2) is 30.3 Å². The zero-order chi connectivity index (χ0) is 9.47. The normalized spacial score (nSPS) is 28.6. The van der Waals surface area contributed by atoms with Gasteiger partial charge in [-0.1, -0.05) is 37.3 Å². The Kier molecular flexibility index (Phi) is 1.91. The van der Waals surface area contributed by atoms with Crippen molar-refractivity contribution in [1.29, 1.82) is 0 Å². The van der Waals surface area contributed by atoms with Crippen LogP contribution in [0.25, 0.3) is 0 Å². The van der Waals surface area contributed by atoms with Crippen molar-refractivity contribution in [2.75, 3.05) is 0 Å². The summed E-state index contributed by atoms with van der Waals surface area (Å²) in [4.78, 5) is 0. The van der Waals surface area contributed by atoms with Gasteiger partial charge in [0.25, 0.3) is 0 Å². The van der Waals surface area contributed by atoms with Gasteiger partial charge in [0, 0.05) is 5.92 Å². The van der Waals surface area contributed by atoms with E-state index in [4.69, 9.17) is 4.55 Å². The highest BCUT2D eigenvalue weighted by Crippen LogP contribution is 2.27. The Bertz CT molecular complexity index is 429. The third-order valence-electron chi connectivity index (χ3n) is 2.08. The molecule has 2 unspecified atom stereocenters. The first kappa shape index (κ1) is 8.74. The summed E-state index contributed by atoms with van der Waals surface area (Å²) in [7, 11) is -3.04. The summed E-state index contributed by atoms with van der Waals surface area (Å²) in [6, 6.07) is 9.52. The molecule has 1 heterocycles. The lowest BCUT2D eigenvalue weighted by Crippen LogP contribution is -1.98. The van der Waals surface area contributed by atoms with Gasteiger partial charge in [0.15, 0.2) is 5.05 Å². The van der Waals surface area contributed by atoms with Crippen molar-refractivity contribution in [2.24, 2.45) is 0 Å². The van der Waals surface area contributed by atoms with E-state index < -0.39 is 10.1 Å². The fourth-order valence-corrected chi connectivity index (χ4v) is 2.36. The summed E-state index contributed by atoms with van der Waals surface area (Å²) < 4.78 is 24.6. The first-order chi connectivity index (χ1) is 6.11. The van der Waals surface area contributed by atoms with Gasteiger partial charge in [0.2, 0.25) is 10.1 Å². The maximum atomic E-state index is 10.9. The van der Waals surface area contributed by atoms with Crippen LogP contribution < -0.4 is 0 Å². The number of rotatable bonds is 2. The van der Waals surface area contributed by atoms with E-state index in [9.17, 15) is 4.21 Å². The van der Waals surface area contributed by atoms with Gasteiger partial charge in [0.1, 0.15) is 0 Å². The lowest BCUT2D eigenvalue weighted by Gasteiger charge is -2.02. The predicted octanol–water partition coefficient (Wildman–Crippen LogP) is 1.62. The molecular weight excluding hydrogens is 188 g/mol. The summed E-state index contributed by atoms with van der Waals surface area (Å²) in [6.45, 7) is 1.85. The fourth-order valence-electron chi connectivity index (χ4n) is 1.27. The largest absolute Gasteiger partial charge is 0.291 e. The van der Waals surface area contributed by atoms with Crippen LogP contribution in [0.3, 0.4) is 0 Å². The van der Waals surface area contributed by atoms with Crippen LogP contribution in [0.5, 0.6) is 0 Å². The van der Waals surface area contributed by atoms with Gasteiger partial charge in [-0.2, -0.15) is 0 Å². The van der Waals surface area contributed by atoms with Crippen LogP contribution in [-0.4, -0.2) is 13.8 Å². The molecule has 70 valence electrons.